The fourth-order valence-corrected chi connectivity index (χ4v) is 2.88. The van der Waals surface area contributed by atoms with Gasteiger partial charge < -0.3 is 9.64 Å². The number of hydrogen-bond donors (Lipinski definition) is 0. The van der Waals surface area contributed by atoms with Crippen LogP contribution in [-0.2, 0) is 9.53 Å². The Morgan fingerprint density at radius 2 is 2.11 bits per heavy atom. The zero-order valence-electron chi connectivity index (χ0n) is 11.4. The summed E-state index contributed by atoms with van der Waals surface area (Å²) in [4.78, 5) is 13.3. The van der Waals surface area contributed by atoms with E-state index < -0.39 is 0 Å². The molecule has 19 heavy (non-hydrogen) atoms. The fraction of sp³-hybridized carbons (Fsp3) is 0.533. The van der Waals surface area contributed by atoms with Gasteiger partial charge in [-0.15, -0.1) is 0 Å². The molecule has 1 aliphatic rings. The molecule has 1 fully saturated rings. The van der Waals surface area contributed by atoms with E-state index in [-0.39, 0.29) is 5.97 Å². The molecule has 3 nitrogen and oxygen atoms in total. The van der Waals surface area contributed by atoms with Crippen LogP contribution in [0.2, 0.25) is 5.02 Å². The van der Waals surface area contributed by atoms with Gasteiger partial charge in [0.05, 0.1) is 6.61 Å². The third kappa shape index (κ3) is 3.95. The molecular weight excluding hydrogens is 262 g/mol. The van der Waals surface area contributed by atoms with Crippen LogP contribution < -0.4 is 0 Å². The van der Waals surface area contributed by atoms with E-state index in [0.29, 0.717) is 18.4 Å². The van der Waals surface area contributed by atoms with Crippen LogP contribution in [0, 0.1) is 5.92 Å². The minimum atomic E-state index is -0.205. The summed E-state index contributed by atoms with van der Waals surface area (Å²) in [5.41, 5.74) is 1.29. The maximum atomic E-state index is 11.0. The number of carbonyl (C=O) groups is 1. The smallest absolute Gasteiger partial charge is 0.302 e. The van der Waals surface area contributed by atoms with E-state index in [2.05, 4.69) is 24.1 Å². The van der Waals surface area contributed by atoms with Gasteiger partial charge in [0, 0.05) is 24.4 Å². The third-order valence-corrected chi connectivity index (χ3v) is 3.99. The zero-order valence-corrected chi connectivity index (χ0v) is 12.2. The highest BCUT2D eigenvalue weighted by Crippen LogP contribution is 2.33. The van der Waals surface area contributed by atoms with Gasteiger partial charge in [-0.3, -0.25) is 4.79 Å². The Morgan fingerprint density at radius 1 is 1.42 bits per heavy atom. The number of nitrogens with zero attached hydrogens (tertiary/aromatic N) is 1. The maximum Gasteiger partial charge on any atom is 0.302 e. The first-order valence-electron chi connectivity index (χ1n) is 6.63. The summed E-state index contributed by atoms with van der Waals surface area (Å²) in [5.74, 6) is 0.583. The average Bonchev–Trinajstić information content (AvgIpc) is 2.38. The summed E-state index contributed by atoms with van der Waals surface area (Å²) in [6, 6.07) is 8.02. The van der Waals surface area contributed by atoms with Crippen molar-refractivity contribution in [2.45, 2.75) is 19.3 Å². The molecule has 1 aromatic carbocycles. The van der Waals surface area contributed by atoms with Crippen LogP contribution in [0.15, 0.2) is 24.3 Å². The second kappa shape index (κ2) is 6.40. The number of halogens is 1. The van der Waals surface area contributed by atoms with Crippen LogP contribution in [0.4, 0.5) is 0 Å². The van der Waals surface area contributed by atoms with Crippen molar-refractivity contribution in [3.63, 3.8) is 0 Å². The van der Waals surface area contributed by atoms with Gasteiger partial charge in [0.25, 0.3) is 0 Å². The molecule has 0 N–H and O–H groups in total. The molecule has 104 valence electrons. The molecule has 1 unspecified atom stereocenters. The Hall–Kier alpha value is -1.06. The van der Waals surface area contributed by atoms with Crippen LogP contribution in [0.1, 0.15) is 24.8 Å². The van der Waals surface area contributed by atoms with Gasteiger partial charge in [0.1, 0.15) is 0 Å². The number of likely N-dealkylation sites (tertiary alicyclic amines) is 1. The monoisotopic (exact) mass is 281 g/mol. The van der Waals surface area contributed by atoms with Gasteiger partial charge in [-0.05, 0) is 43.6 Å². The summed E-state index contributed by atoms with van der Waals surface area (Å²) in [6.45, 7) is 3.99. The number of rotatable bonds is 3. The number of hydrogen-bond acceptors (Lipinski definition) is 3. The lowest BCUT2D eigenvalue weighted by Crippen LogP contribution is -2.39. The lowest BCUT2D eigenvalue weighted by atomic mass is 9.81. The number of benzene rings is 1. The molecule has 1 heterocycles. The highest BCUT2D eigenvalue weighted by atomic mass is 35.5. The summed E-state index contributed by atoms with van der Waals surface area (Å²) in [7, 11) is 2.11. The largest absolute Gasteiger partial charge is 0.466 e. The van der Waals surface area contributed by atoms with E-state index in [1.54, 1.807) is 0 Å². The first-order chi connectivity index (χ1) is 9.06. The van der Waals surface area contributed by atoms with E-state index in [1.807, 2.05) is 12.1 Å². The third-order valence-electron chi connectivity index (χ3n) is 3.74. The van der Waals surface area contributed by atoms with Gasteiger partial charge in [-0.25, -0.2) is 0 Å². The van der Waals surface area contributed by atoms with Crippen molar-refractivity contribution in [1.29, 1.82) is 0 Å². The van der Waals surface area contributed by atoms with Crippen molar-refractivity contribution in [1.82, 2.24) is 4.90 Å². The molecule has 0 spiro atoms. The molecule has 0 bridgehead atoms. The normalized spacial score (nSPS) is 24.2. The molecule has 1 aliphatic heterocycles. The van der Waals surface area contributed by atoms with Crippen LogP contribution in [0.25, 0.3) is 0 Å². The topological polar surface area (TPSA) is 29.5 Å². The molecule has 4 heteroatoms. The molecule has 0 aromatic heterocycles. The SMILES string of the molecule is CC(=O)OCC1CN(C)CC[C@H]1c1ccc(Cl)cc1. The quantitative estimate of drug-likeness (QED) is 0.798. The second-order valence-electron chi connectivity index (χ2n) is 5.27. The fourth-order valence-electron chi connectivity index (χ4n) is 2.76. The minimum absolute atomic E-state index is 0.205. The number of esters is 1. The number of ether oxygens (including phenoxy) is 1. The van der Waals surface area contributed by atoms with E-state index in [1.165, 1.54) is 12.5 Å². The molecule has 0 radical (unpaired) electrons. The second-order valence-corrected chi connectivity index (χ2v) is 5.71. The van der Waals surface area contributed by atoms with Gasteiger partial charge >= 0.3 is 5.97 Å². The van der Waals surface area contributed by atoms with E-state index >= 15 is 0 Å². The number of carbonyl (C=O) groups excluding carboxylic acids is 1. The van der Waals surface area contributed by atoms with Crippen LogP contribution in [-0.4, -0.2) is 37.6 Å². The van der Waals surface area contributed by atoms with Gasteiger partial charge in [-0.1, -0.05) is 23.7 Å². The van der Waals surface area contributed by atoms with Crippen molar-refractivity contribution < 1.29 is 9.53 Å². The van der Waals surface area contributed by atoms with E-state index in [9.17, 15) is 4.79 Å². The summed E-state index contributed by atoms with van der Waals surface area (Å²) in [6.07, 6.45) is 1.09. The lowest BCUT2D eigenvalue weighted by molar-refractivity contribution is -0.143. The molecule has 1 saturated heterocycles. The molecule has 0 aliphatic carbocycles. The Bertz CT molecular complexity index is 432. The molecule has 0 amide bonds. The summed E-state index contributed by atoms with van der Waals surface area (Å²) < 4.78 is 5.21. The average molecular weight is 282 g/mol. The van der Waals surface area contributed by atoms with Gasteiger partial charge in [0.2, 0.25) is 0 Å². The molecule has 2 atom stereocenters. The molecule has 0 saturated carbocycles. The highest BCUT2D eigenvalue weighted by Gasteiger charge is 2.29. The van der Waals surface area contributed by atoms with Crippen molar-refractivity contribution >= 4 is 17.6 Å². The Balaban J connectivity index is 2.10. The van der Waals surface area contributed by atoms with Gasteiger partial charge in [0.15, 0.2) is 0 Å². The highest BCUT2D eigenvalue weighted by molar-refractivity contribution is 6.30. The van der Waals surface area contributed by atoms with Crippen LogP contribution in [0.5, 0.6) is 0 Å². The molecule has 1 aromatic rings. The summed E-state index contributed by atoms with van der Waals surface area (Å²) in [5, 5.41) is 0.758. The maximum absolute atomic E-state index is 11.0. The molecule has 2 rings (SSSR count). The van der Waals surface area contributed by atoms with Crippen molar-refractivity contribution in [2.75, 3.05) is 26.7 Å². The Kier molecular flexibility index (Phi) is 4.83. The predicted octanol–water partition coefficient (Wildman–Crippen LogP) is 2.94. The lowest BCUT2D eigenvalue weighted by Gasteiger charge is -2.36. The van der Waals surface area contributed by atoms with Crippen molar-refractivity contribution in [3.05, 3.63) is 34.9 Å². The summed E-state index contributed by atoms with van der Waals surface area (Å²) >= 11 is 5.94. The Labute approximate surface area is 119 Å². The first kappa shape index (κ1) is 14.4. The standard InChI is InChI=1S/C15H20ClNO2/c1-11(18)19-10-13-9-17(2)8-7-15(13)12-3-5-14(16)6-4-12/h3-6,13,15H,7-10H2,1-2H3/t13?,15-/m0/s1. The van der Waals surface area contributed by atoms with Crippen LogP contribution in [0.3, 0.4) is 0 Å². The van der Waals surface area contributed by atoms with E-state index in [0.717, 1.165) is 24.5 Å². The van der Waals surface area contributed by atoms with Crippen molar-refractivity contribution in [2.24, 2.45) is 5.92 Å². The predicted molar refractivity (Wildman–Crippen MR) is 76.4 cm³/mol. The van der Waals surface area contributed by atoms with E-state index in [4.69, 9.17) is 16.3 Å². The zero-order chi connectivity index (χ0) is 13.8. The first-order valence-corrected chi connectivity index (χ1v) is 7.01. The number of piperidine rings is 1. The van der Waals surface area contributed by atoms with Crippen LogP contribution >= 0.6 is 11.6 Å². The van der Waals surface area contributed by atoms with Crippen molar-refractivity contribution in [3.8, 4) is 0 Å². The minimum Gasteiger partial charge on any atom is -0.466 e. The molecular formula is C15H20ClNO2. The Morgan fingerprint density at radius 3 is 2.74 bits per heavy atom. The van der Waals surface area contributed by atoms with Gasteiger partial charge in [-0.2, -0.15) is 0 Å².